The van der Waals surface area contributed by atoms with E-state index in [1.807, 2.05) is 89.6 Å². The molecule has 140 heavy (non-hydrogen) atoms. The molecule has 24 heteroatoms. The zero-order valence-electron chi connectivity index (χ0n) is 89.1. The Hall–Kier alpha value is -11.0. The van der Waals surface area contributed by atoms with Gasteiger partial charge in [-0.3, -0.25) is 37.6 Å². The summed E-state index contributed by atoms with van der Waals surface area (Å²) in [5, 5.41) is 28.2. The average molecular weight is 1910 g/mol. The van der Waals surface area contributed by atoms with Crippen LogP contribution < -0.4 is 4.90 Å². The third-order valence-corrected chi connectivity index (χ3v) is 27.4. The lowest BCUT2D eigenvalue weighted by Crippen LogP contribution is -2.50. The molecule has 0 bridgehead atoms. The fraction of sp³-hybridized carbons (Fsp3) is 0.526. The predicted molar refractivity (Wildman–Crippen MR) is 569 cm³/mol. The summed E-state index contributed by atoms with van der Waals surface area (Å²) in [7, 11) is 5.56. The third kappa shape index (κ3) is 26.5. The normalized spacial score (nSPS) is 16.0. The Morgan fingerprint density at radius 3 is 1.30 bits per heavy atom. The van der Waals surface area contributed by atoms with Gasteiger partial charge >= 0.3 is 0 Å². The number of fused-ring (bicyclic) bond motifs is 6. The lowest BCUT2D eigenvalue weighted by molar-refractivity contribution is -0.136. The molecule has 14 heterocycles. The second kappa shape index (κ2) is 44.2. The maximum absolute atomic E-state index is 14.1. The highest BCUT2D eigenvalue weighted by atomic mass is 19.1. The molecule has 6 fully saturated rings. The minimum atomic E-state index is -0.205. The van der Waals surface area contributed by atoms with E-state index in [-0.39, 0.29) is 61.1 Å². The van der Waals surface area contributed by atoms with Gasteiger partial charge in [0.25, 0.3) is 0 Å². The van der Waals surface area contributed by atoms with Crippen molar-refractivity contribution in [3.63, 3.8) is 0 Å². The number of morpholine rings is 1. The molecule has 6 aliphatic rings. The SMILES string of the molecule is C#Cc1ncc2ccc(C(C)(C)C)cn12.CC(C)(C)c1cc2c(cnn2C2COC2)cc1F.CC(C)(C)c1ccc2cnn(C3CCC3)c2c1.CC(C)(C)c1ccnc(CC2COC2)c1.CC(C)(C)c1ccnc(N2CCOCC2)c1.CCC(=O)N1CC(n2ncc3ccc(C(C)(C)C)cc32)C1.CN1CC(n2ncc3ccc(C(C)(C)C)cc32)C1.COCC(COC)n1ncc2ccc(C(C)(C)C)cc21. The van der Waals surface area contributed by atoms with Crippen molar-refractivity contribution in [2.45, 2.75) is 279 Å². The van der Waals surface area contributed by atoms with Crippen LogP contribution in [0.2, 0.25) is 0 Å². The van der Waals surface area contributed by atoms with Gasteiger partial charge in [0, 0.05) is 117 Å². The van der Waals surface area contributed by atoms with E-state index in [0.29, 0.717) is 68.8 Å². The molecule has 1 saturated carbocycles. The first-order chi connectivity index (χ1) is 66.0. The van der Waals surface area contributed by atoms with Gasteiger partial charge in [-0.25, -0.2) is 14.4 Å². The molecule has 0 radical (unpaired) electrons. The number of anilines is 1. The molecule has 9 aromatic heterocycles. The standard InChI is InChI=1S/C17H23N3O.C16H24N2O2.C15H21N3.C15H20N2.C14H17FN2O.C13H20N2O.C13H14N2.C13H19NO/c1-5-16(21)19-10-14(11-19)20-15-8-13(17(2,3)4)7-6-12(15)9-18-20;1-16(2,3)13-7-6-12-9-17-18(15(12)8-13)14(10-19-4)11-20-5;1-15(2,3)12-6-5-11-8-16-18(14(11)7-12)13-9-17(4)10-13;1-15(2,3)12-8-7-11-10-16-17(14(11)9-12)13-5-4-6-13;1-14(2,3)11-5-13-9(4-12(11)15)6-16-17(13)10-7-18-8-10;1-13(2,3)11-4-5-14-12(10-11)15-6-8-16-9-7-15;1-5-12-14-8-11-7-6-10(9-15(11)12)13(2,3)4;1-13(2,3)11-4-5-14-12(7-11)6-10-8-15-9-10/h6-9,14H,5,10-11H2,1-4H3;6-9,14H,10-11H2,1-5H3;5-8,13H,9-10H2,1-4H3;7-10,13H,4-6H2,1-3H3;4-6,10H,7-8H2,1-3H3;4-5,10H,6-9H2,1-3H3;1,6-9H,2-4H3;4-5,7,10H,6,8-9H2,1-3H3. The van der Waals surface area contributed by atoms with E-state index >= 15 is 0 Å². The van der Waals surface area contributed by atoms with E-state index in [1.165, 1.54) is 96.6 Å². The summed E-state index contributed by atoms with van der Waals surface area (Å²) in [5.41, 5.74) is 19.2. The number of halogens is 1. The van der Waals surface area contributed by atoms with Gasteiger partial charge in [0.05, 0.1) is 153 Å². The van der Waals surface area contributed by atoms with Gasteiger partial charge in [-0.1, -0.05) is 228 Å². The summed E-state index contributed by atoms with van der Waals surface area (Å²) in [5.74, 6) is 5.09. The number of carbonyl (C=O) groups excluding carboxylic acids is 1. The molecule has 0 unspecified atom stereocenters. The van der Waals surface area contributed by atoms with E-state index in [2.05, 4.69) is 338 Å². The van der Waals surface area contributed by atoms with Gasteiger partial charge in [-0.15, -0.1) is 6.42 Å². The molecule has 750 valence electrons. The number of nitrogens with zero attached hydrogens (tertiary/aromatic N) is 17. The molecule has 0 atom stereocenters. The smallest absolute Gasteiger partial charge is 0.222 e. The summed E-state index contributed by atoms with van der Waals surface area (Å²) in [6.07, 6.45) is 28.2. The van der Waals surface area contributed by atoms with Crippen LogP contribution >= 0.6 is 0 Å². The van der Waals surface area contributed by atoms with Gasteiger partial charge in [0.1, 0.15) is 11.6 Å². The van der Waals surface area contributed by atoms with E-state index in [9.17, 15) is 9.18 Å². The van der Waals surface area contributed by atoms with Crippen LogP contribution in [0, 0.1) is 24.1 Å². The number of ether oxygens (including phenoxy) is 5. The first-order valence-electron chi connectivity index (χ1n) is 50.4. The number of methoxy groups -OCH3 is 2. The van der Waals surface area contributed by atoms with Crippen LogP contribution in [0.1, 0.15) is 285 Å². The highest BCUT2D eigenvalue weighted by Gasteiger charge is 2.35. The average Bonchev–Trinajstić information content (AvgIpc) is 1.53. The highest BCUT2D eigenvalue weighted by molar-refractivity contribution is 5.84. The summed E-state index contributed by atoms with van der Waals surface area (Å²) in [4.78, 5) is 31.2. The van der Waals surface area contributed by atoms with E-state index < -0.39 is 0 Å². The summed E-state index contributed by atoms with van der Waals surface area (Å²) in [6, 6.07) is 44.8. The zero-order chi connectivity index (χ0) is 101. The van der Waals surface area contributed by atoms with Crippen molar-refractivity contribution in [2.24, 2.45) is 5.92 Å². The maximum atomic E-state index is 14.1. The summed E-state index contributed by atoms with van der Waals surface area (Å²) < 4.78 is 52.8. The Morgan fingerprint density at radius 2 is 0.871 bits per heavy atom. The molecular formula is C116H158FN17O6. The number of amides is 1. The van der Waals surface area contributed by atoms with Crippen LogP contribution in [-0.2, 0) is 78.2 Å². The fourth-order valence-electron chi connectivity index (χ4n) is 17.7. The van der Waals surface area contributed by atoms with E-state index in [1.54, 1.807) is 32.7 Å². The number of imidazole rings is 1. The molecule has 0 spiro atoms. The number of likely N-dealkylation sites (tertiary alicyclic amines) is 2. The van der Waals surface area contributed by atoms with Crippen molar-refractivity contribution in [2.75, 3.05) is 118 Å². The molecule has 20 rings (SSSR count). The fourth-order valence-corrected chi connectivity index (χ4v) is 17.7. The number of aromatic nitrogens is 14. The summed E-state index contributed by atoms with van der Waals surface area (Å²) in [6.45, 7) is 66.4. The Kier molecular flexibility index (Phi) is 33.6. The van der Waals surface area contributed by atoms with Crippen molar-refractivity contribution in [3.8, 4) is 12.3 Å². The number of carbonyl (C=O) groups is 1. The maximum Gasteiger partial charge on any atom is 0.222 e. The molecule has 5 saturated heterocycles. The summed E-state index contributed by atoms with van der Waals surface area (Å²) >= 11 is 0. The second-order valence-corrected chi connectivity index (χ2v) is 47.0. The largest absolute Gasteiger partial charge is 0.382 e. The lowest BCUT2D eigenvalue weighted by atomic mass is 9.86. The lowest BCUT2D eigenvalue weighted by Gasteiger charge is -2.39. The van der Waals surface area contributed by atoms with Crippen molar-refractivity contribution < 1.29 is 32.9 Å². The number of terminal acetylenes is 1. The second-order valence-electron chi connectivity index (χ2n) is 47.0. The van der Waals surface area contributed by atoms with Crippen LogP contribution in [0.5, 0.6) is 0 Å². The number of hydrogen-bond acceptors (Lipinski definition) is 16. The third-order valence-electron chi connectivity index (χ3n) is 27.4. The van der Waals surface area contributed by atoms with Crippen molar-refractivity contribution in [1.82, 2.24) is 78.1 Å². The van der Waals surface area contributed by atoms with Crippen LogP contribution in [0.4, 0.5) is 10.2 Å². The van der Waals surface area contributed by atoms with E-state index in [0.717, 1.165) is 111 Å². The Morgan fingerprint density at radius 1 is 0.450 bits per heavy atom. The number of pyridine rings is 3. The van der Waals surface area contributed by atoms with Gasteiger partial charge in [0.2, 0.25) is 5.91 Å². The van der Waals surface area contributed by atoms with Crippen molar-refractivity contribution >= 4 is 71.8 Å². The zero-order valence-corrected chi connectivity index (χ0v) is 89.1. The van der Waals surface area contributed by atoms with Gasteiger partial charge in [-0.05, 0) is 193 Å². The van der Waals surface area contributed by atoms with Crippen LogP contribution in [0.3, 0.4) is 0 Å². The number of likely N-dealkylation sites (N-methyl/N-ethyl adjacent to an activating group) is 1. The number of rotatable bonds is 13. The minimum Gasteiger partial charge on any atom is -0.382 e. The Labute approximate surface area is 832 Å². The number of benzene rings is 5. The molecule has 23 nitrogen and oxygen atoms in total. The molecule has 1 amide bonds. The van der Waals surface area contributed by atoms with Crippen LogP contribution in [-0.4, -0.2) is 197 Å². The molecule has 14 aromatic rings. The first-order valence-corrected chi connectivity index (χ1v) is 50.4. The van der Waals surface area contributed by atoms with Gasteiger partial charge < -0.3 is 38.4 Å². The Bertz CT molecular complexity index is 6510. The molecule has 5 aliphatic heterocycles. The molecule has 5 aromatic carbocycles. The van der Waals surface area contributed by atoms with Gasteiger partial charge in [-0.2, -0.15) is 25.5 Å². The van der Waals surface area contributed by atoms with Gasteiger partial charge in [0.15, 0.2) is 5.82 Å². The van der Waals surface area contributed by atoms with Crippen LogP contribution in [0.15, 0.2) is 177 Å². The van der Waals surface area contributed by atoms with E-state index in [4.69, 9.17) is 30.1 Å². The topological polar surface area (TPSA) is 205 Å². The molecule has 1 aliphatic carbocycles. The first kappa shape index (κ1) is 106. The van der Waals surface area contributed by atoms with Crippen molar-refractivity contribution in [1.29, 1.82) is 0 Å². The minimum absolute atomic E-state index is 0.0951. The Balaban J connectivity index is 0.000000135. The molecular weight excluding hydrogens is 1750 g/mol. The highest BCUT2D eigenvalue weighted by Crippen LogP contribution is 2.39. The quantitative estimate of drug-likeness (QED) is 0.0984. The van der Waals surface area contributed by atoms with Crippen molar-refractivity contribution in [3.05, 3.63) is 239 Å². The predicted octanol–water partition coefficient (Wildman–Crippen LogP) is 23.6. The number of hydrogen-bond donors (Lipinski definition) is 0. The molecule has 0 N–H and O–H groups in total. The van der Waals surface area contributed by atoms with Crippen LogP contribution in [0.25, 0.3) is 60.0 Å². The monoisotopic (exact) mass is 1900 g/mol.